The van der Waals surface area contributed by atoms with Gasteiger partial charge in [0.25, 0.3) is 0 Å². The van der Waals surface area contributed by atoms with Gasteiger partial charge in [-0.05, 0) is 13.0 Å². The average Bonchev–Trinajstić information content (AvgIpc) is 2.78. The van der Waals surface area contributed by atoms with Crippen molar-refractivity contribution >= 4 is 31.6 Å². The quantitative estimate of drug-likeness (QED) is 0.784. The predicted molar refractivity (Wildman–Crippen MR) is 74.2 cm³/mol. The van der Waals surface area contributed by atoms with Gasteiger partial charge in [-0.25, -0.2) is 0 Å². The molecule has 0 amide bonds. The van der Waals surface area contributed by atoms with E-state index in [0.717, 1.165) is 26.9 Å². The molecule has 0 unspecified atom stereocenters. The molecular weight excluding hydrogens is 246 g/mol. The van der Waals surface area contributed by atoms with Crippen LogP contribution in [0.2, 0.25) is 0 Å². The summed E-state index contributed by atoms with van der Waals surface area (Å²) in [5, 5.41) is 10.5. The van der Waals surface area contributed by atoms with E-state index >= 15 is 0 Å². The first kappa shape index (κ1) is 11.4. The van der Waals surface area contributed by atoms with Gasteiger partial charge in [0.1, 0.15) is 5.75 Å². The largest absolute Gasteiger partial charge is 0.492 e. The maximum atomic E-state index is 9.36. The first-order valence-electron chi connectivity index (χ1n) is 5.88. The van der Waals surface area contributed by atoms with E-state index in [2.05, 4.69) is 17.1 Å². The third-order valence-electron chi connectivity index (χ3n) is 2.88. The third kappa shape index (κ3) is 1.65. The van der Waals surface area contributed by atoms with Crippen LogP contribution < -0.4 is 4.74 Å². The summed E-state index contributed by atoms with van der Waals surface area (Å²) in [6, 6.07) is 8.17. The van der Waals surface area contributed by atoms with E-state index < -0.39 is 0 Å². The number of aliphatic hydroxyl groups excluding tert-OH is 1. The average molecular weight is 259 g/mol. The minimum atomic E-state index is -0.0491. The summed E-state index contributed by atoms with van der Waals surface area (Å²) >= 11 is 1.66. The maximum Gasteiger partial charge on any atom is 0.145 e. The van der Waals surface area contributed by atoms with E-state index in [9.17, 15) is 5.11 Å². The molecule has 18 heavy (non-hydrogen) atoms. The molecule has 3 rings (SSSR count). The Balaban J connectivity index is 2.39. The number of aromatic nitrogens is 1. The highest BCUT2D eigenvalue weighted by Crippen LogP contribution is 2.39. The molecule has 0 aliphatic carbocycles. The molecule has 3 aromatic rings. The summed E-state index contributed by atoms with van der Waals surface area (Å²) in [5.74, 6) is 0.770. The van der Waals surface area contributed by atoms with Crippen LogP contribution in [0.5, 0.6) is 5.75 Å². The fraction of sp³-hybridized carbons (Fsp3) is 0.214. The standard InChI is InChI=1S/C14H13NO2S/c1-2-17-13-9(8-16)7-15-12-10-5-3-4-6-11(10)18-14(12)13/h3-7,16H,2,8H2,1H3. The Morgan fingerprint density at radius 2 is 2.17 bits per heavy atom. The van der Waals surface area contributed by atoms with Crippen LogP contribution in [0.1, 0.15) is 12.5 Å². The van der Waals surface area contributed by atoms with Gasteiger partial charge >= 0.3 is 0 Å². The Morgan fingerprint density at radius 1 is 1.33 bits per heavy atom. The van der Waals surface area contributed by atoms with Gasteiger partial charge in [-0.3, -0.25) is 4.98 Å². The first-order chi connectivity index (χ1) is 8.85. The number of benzene rings is 1. The summed E-state index contributed by atoms with van der Waals surface area (Å²) in [7, 11) is 0. The van der Waals surface area contributed by atoms with Crippen LogP contribution >= 0.6 is 11.3 Å². The molecule has 92 valence electrons. The van der Waals surface area contributed by atoms with Gasteiger partial charge in [-0.15, -0.1) is 11.3 Å². The summed E-state index contributed by atoms with van der Waals surface area (Å²) in [4.78, 5) is 4.45. The number of thiophene rings is 1. The molecule has 0 saturated heterocycles. The number of rotatable bonds is 3. The number of hydrogen-bond donors (Lipinski definition) is 1. The normalized spacial score (nSPS) is 11.2. The highest BCUT2D eigenvalue weighted by molar-refractivity contribution is 7.26. The van der Waals surface area contributed by atoms with Crippen molar-refractivity contribution in [3.8, 4) is 5.75 Å². The minimum absolute atomic E-state index is 0.0491. The van der Waals surface area contributed by atoms with Gasteiger partial charge < -0.3 is 9.84 Å². The number of fused-ring (bicyclic) bond motifs is 3. The van der Waals surface area contributed by atoms with E-state index in [1.54, 1.807) is 17.5 Å². The molecule has 0 spiro atoms. The fourth-order valence-corrected chi connectivity index (χ4v) is 3.26. The number of aliphatic hydroxyl groups is 1. The Hall–Kier alpha value is -1.65. The minimum Gasteiger partial charge on any atom is -0.492 e. The van der Waals surface area contributed by atoms with E-state index in [1.165, 1.54) is 4.70 Å². The monoisotopic (exact) mass is 259 g/mol. The lowest BCUT2D eigenvalue weighted by atomic mass is 10.2. The number of ether oxygens (including phenoxy) is 1. The molecule has 0 aliphatic rings. The van der Waals surface area contributed by atoms with Gasteiger partial charge in [-0.2, -0.15) is 0 Å². The van der Waals surface area contributed by atoms with Crippen molar-refractivity contribution in [1.82, 2.24) is 4.98 Å². The van der Waals surface area contributed by atoms with Crippen molar-refractivity contribution in [1.29, 1.82) is 0 Å². The molecule has 0 atom stereocenters. The lowest BCUT2D eigenvalue weighted by molar-refractivity contribution is 0.268. The zero-order valence-electron chi connectivity index (χ0n) is 10.0. The van der Waals surface area contributed by atoms with Gasteiger partial charge in [0, 0.05) is 21.8 Å². The Bertz CT molecular complexity index is 705. The van der Waals surface area contributed by atoms with Crippen molar-refractivity contribution < 1.29 is 9.84 Å². The van der Waals surface area contributed by atoms with Crippen molar-refractivity contribution in [2.75, 3.05) is 6.61 Å². The van der Waals surface area contributed by atoms with Crippen molar-refractivity contribution in [2.45, 2.75) is 13.5 Å². The molecule has 0 fully saturated rings. The molecule has 2 aromatic heterocycles. The topological polar surface area (TPSA) is 42.4 Å². The van der Waals surface area contributed by atoms with Crippen molar-refractivity contribution in [3.63, 3.8) is 0 Å². The zero-order chi connectivity index (χ0) is 12.5. The lowest BCUT2D eigenvalue weighted by Gasteiger charge is -2.08. The second-order valence-electron chi connectivity index (χ2n) is 3.98. The van der Waals surface area contributed by atoms with Crippen LogP contribution in [0.3, 0.4) is 0 Å². The first-order valence-corrected chi connectivity index (χ1v) is 6.69. The van der Waals surface area contributed by atoms with Gasteiger partial charge in [0.2, 0.25) is 0 Å². The summed E-state index contributed by atoms with van der Waals surface area (Å²) < 4.78 is 7.89. The summed E-state index contributed by atoms with van der Waals surface area (Å²) in [5.41, 5.74) is 1.70. The second-order valence-corrected chi connectivity index (χ2v) is 5.03. The van der Waals surface area contributed by atoms with Crippen LogP contribution in [0, 0.1) is 0 Å². The molecule has 0 saturated carbocycles. The smallest absolute Gasteiger partial charge is 0.145 e. The molecular formula is C14H13NO2S. The van der Waals surface area contributed by atoms with Crippen LogP contribution in [0.25, 0.3) is 20.3 Å². The van der Waals surface area contributed by atoms with E-state index in [1.807, 2.05) is 19.1 Å². The molecule has 2 heterocycles. The molecule has 0 radical (unpaired) electrons. The number of hydrogen-bond acceptors (Lipinski definition) is 4. The highest BCUT2D eigenvalue weighted by atomic mass is 32.1. The molecule has 1 N–H and O–H groups in total. The van der Waals surface area contributed by atoms with Gasteiger partial charge in [0.05, 0.1) is 23.4 Å². The van der Waals surface area contributed by atoms with Crippen molar-refractivity contribution in [3.05, 3.63) is 36.0 Å². The van der Waals surface area contributed by atoms with E-state index in [0.29, 0.717) is 6.61 Å². The van der Waals surface area contributed by atoms with Gasteiger partial charge in [0.15, 0.2) is 0 Å². The fourth-order valence-electron chi connectivity index (χ4n) is 2.08. The number of nitrogens with zero attached hydrogens (tertiary/aromatic N) is 1. The SMILES string of the molecule is CCOc1c(CO)cnc2c1sc1ccccc12. The predicted octanol–water partition coefficient (Wildman–Crippen LogP) is 3.34. The van der Waals surface area contributed by atoms with Gasteiger partial charge in [-0.1, -0.05) is 18.2 Å². The van der Waals surface area contributed by atoms with Crippen LogP contribution in [-0.4, -0.2) is 16.7 Å². The van der Waals surface area contributed by atoms with Crippen molar-refractivity contribution in [2.24, 2.45) is 0 Å². The molecule has 0 bridgehead atoms. The molecule has 3 nitrogen and oxygen atoms in total. The third-order valence-corrected chi connectivity index (χ3v) is 4.03. The second kappa shape index (κ2) is 4.55. The summed E-state index contributed by atoms with van der Waals surface area (Å²) in [6.07, 6.45) is 1.70. The highest BCUT2D eigenvalue weighted by Gasteiger charge is 2.14. The van der Waals surface area contributed by atoms with E-state index in [4.69, 9.17) is 4.74 Å². The zero-order valence-corrected chi connectivity index (χ0v) is 10.8. The Morgan fingerprint density at radius 3 is 2.94 bits per heavy atom. The summed E-state index contributed by atoms with van der Waals surface area (Å²) in [6.45, 7) is 2.48. The molecule has 1 aromatic carbocycles. The maximum absolute atomic E-state index is 9.36. The molecule has 0 aliphatic heterocycles. The van der Waals surface area contributed by atoms with Crippen LogP contribution in [0.15, 0.2) is 30.5 Å². The van der Waals surface area contributed by atoms with Crippen LogP contribution in [-0.2, 0) is 6.61 Å². The van der Waals surface area contributed by atoms with Crippen LogP contribution in [0.4, 0.5) is 0 Å². The Kier molecular flexibility index (Phi) is 2.89. The number of pyridine rings is 1. The van der Waals surface area contributed by atoms with E-state index in [-0.39, 0.29) is 6.61 Å². The molecule has 4 heteroatoms. The Labute approximate surface area is 109 Å². The lowest BCUT2D eigenvalue weighted by Crippen LogP contribution is -1.97.